The quantitative estimate of drug-likeness (QED) is 0.0272. The Hall–Kier alpha value is -1.99. The number of esters is 2. The fraction of sp³-hybridized carbons (Fsp3) is 0.783. The highest BCUT2D eigenvalue weighted by Gasteiger charge is 2.22. The molecule has 55 heavy (non-hydrogen) atoms. The number of ether oxygens (including phenoxy) is 2. The van der Waals surface area contributed by atoms with Crippen molar-refractivity contribution in [1.29, 1.82) is 0 Å². The van der Waals surface area contributed by atoms with Gasteiger partial charge in [-0.05, 0) is 77.0 Å². The van der Waals surface area contributed by atoms with Crippen LogP contribution in [0.4, 0.5) is 0 Å². The third-order valence-corrected chi connectivity index (χ3v) is 10.1. The summed E-state index contributed by atoms with van der Waals surface area (Å²) in [6.07, 6.45) is 51.1. The first-order valence-corrected chi connectivity index (χ1v) is 24.0. The molecule has 0 fully saturated rings. The van der Waals surface area contributed by atoms with Crippen molar-refractivity contribution in [3.05, 3.63) is 48.6 Å². The van der Waals surface area contributed by atoms with E-state index in [0.717, 1.165) is 83.5 Å². The van der Waals surface area contributed by atoms with Crippen LogP contribution in [0.5, 0.6) is 0 Å². The lowest BCUT2D eigenvalue weighted by Gasteiger charge is -2.18. The van der Waals surface area contributed by atoms with Crippen LogP contribution < -0.4 is 0 Å². The van der Waals surface area contributed by atoms with Crippen LogP contribution >= 0.6 is 7.82 Å². The van der Waals surface area contributed by atoms with Crippen molar-refractivity contribution < 1.29 is 37.9 Å². The second-order valence-corrected chi connectivity index (χ2v) is 16.3. The Balaban J connectivity index is 3.92. The zero-order valence-electron chi connectivity index (χ0n) is 35.3. The molecule has 0 bridgehead atoms. The van der Waals surface area contributed by atoms with Crippen LogP contribution in [0.2, 0.25) is 0 Å². The van der Waals surface area contributed by atoms with Gasteiger partial charge < -0.3 is 19.3 Å². The summed E-state index contributed by atoms with van der Waals surface area (Å²) in [6.45, 7) is 3.65. The standard InChI is InChI=1S/C46H83O8P/c1-3-5-7-9-11-13-15-17-19-21-23-25-27-29-31-33-35-37-39-41-46(48)54-44(43-53-55(49,50)51)42-52-45(47)40-38-36-34-32-30-28-26-24-22-20-18-16-14-12-10-8-6-4-2/h11,13,17,19-20,22-23,25,44H,3-10,12,14-16,18,21,24,26-43H2,1-2H3,(H2,49,50,51)/b13-11-,19-17-,22-20-,25-23-. The summed E-state index contributed by atoms with van der Waals surface area (Å²) in [5, 5.41) is 0. The van der Waals surface area contributed by atoms with Gasteiger partial charge in [-0.3, -0.25) is 14.1 Å². The molecule has 0 aliphatic carbocycles. The van der Waals surface area contributed by atoms with Crippen LogP contribution in [0.15, 0.2) is 48.6 Å². The average Bonchev–Trinajstić information content (AvgIpc) is 3.16. The Labute approximate surface area is 337 Å². The largest absolute Gasteiger partial charge is 0.469 e. The molecular formula is C46H83O8P. The molecule has 0 saturated heterocycles. The monoisotopic (exact) mass is 795 g/mol. The molecule has 0 aromatic heterocycles. The van der Waals surface area contributed by atoms with E-state index in [2.05, 4.69) is 67.0 Å². The highest BCUT2D eigenvalue weighted by Crippen LogP contribution is 2.36. The number of unbranched alkanes of at least 4 members (excludes halogenated alkanes) is 23. The van der Waals surface area contributed by atoms with Crippen LogP contribution in [0.1, 0.15) is 213 Å². The maximum atomic E-state index is 12.4. The molecule has 2 N–H and O–H groups in total. The SMILES string of the molecule is CCCCC/C=C\C/C=C\C/C=C\CCCCCCCCC(=O)OC(COC(=O)CCCCCCCCC/C=C\CCCCCCCCC)COP(=O)(O)O. The zero-order valence-corrected chi connectivity index (χ0v) is 36.2. The smallest absolute Gasteiger partial charge is 0.462 e. The molecule has 0 spiro atoms. The van der Waals surface area contributed by atoms with Crippen molar-refractivity contribution in [2.24, 2.45) is 0 Å². The summed E-state index contributed by atoms with van der Waals surface area (Å²) < 4.78 is 26.4. The van der Waals surface area contributed by atoms with Crippen molar-refractivity contribution in [2.45, 2.75) is 219 Å². The Morgan fingerprint density at radius 2 is 0.818 bits per heavy atom. The van der Waals surface area contributed by atoms with Gasteiger partial charge in [-0.25, -0.2) is 4.57 Å². The zero-order chi connectivity index (χ0) is 40.3. The fourth-order valence-corrected chi connectivity index (χ4v) is 6.56. The number of phosphoric acid groups is 1. The third kappa shape index (κ3) is 44.6. The van der Waals surface area contributed by atoms with E-state index in [-0.39, 0.29) is 19.4 Å². The van der Waals surface area contributed by atoms with Gasteiger partial charge in [0.05, 0.1) is 6.61 Å². The van der Waals surface area contributed by atoms with Crippen molar-refractivity contribution in [3.8, 4) is 0 Å². The van der Waals surface area contributed by atoms with E-state index < -0.39 is 32.5 Å². The Kier molecular flexibility index (Phi) is 40.1. The molecular weight excluding hydrogens is 711 g/mol. The molecule has 0 rings (SSSR count). The molecule has 9 heteroatoms. The van der Waals surface area contributed by atoms with Crippen molar-refractivity contribution in [1.82, 2.24) is 0 Å². The van der Waals surface area contributed by atoms with E-state index in [1.54, 1.807) is 0 Å². The Morgan fingerprint density at radius 3 is 1.27 bits per heavy atom. The molecule has 0 aromatic carbocycles. The van der Waals surface area contributed by atoms with Crippen LogP contribution in [-0.2, 0) is 28.2 Å². The molecule has 0 aliphatic heterocycles. The number of rotatable bonds is 41. The molecule has 0 aromatic rings. The second-order valence-electron chi connectivity index (χ2n) is 15.0. The number of hydrogen-bond acceptors (Lipinski definition) is 6. The summed E-state index contributed by atoms with van der Waals surface area (Å²) in [4.78, 5) is 42.9. The summed E-state index contributed by atoms with van der Waals surface area (Å²) in [5.74, 6) is -0.902. The molecule has 0 amide bonds. The highest BCUT2D eigenvalue weighted by atomic mass is 31.2. The minimum atomic E-state index is -4.76. The van der Waals surface area contributed by atoms with E-state index in [0.29, 0.717) is 6.42 Å². The predicted molar refractivity (Wildman–Crippen MR) is 230 cm³/mol. The number of hydrogen-bond donors (Lipinski definition) is 2. The number of phosphoric ester groups is 1. The van der Waals surface area contributed by atoms with Gasteiger partial charge in [0.25, 0.3) is 0 Å². The predicted octanol–water partition coefficient (Wildman–Crippen LogP) is 13.9. The van der Waals surface area contributed by atoms with Crippen molar-refractivity contribution in [2.75, 3.05) is 13.2 Å². The maximum Gasteiger partial charge on any atom is 0.469 e. The molecule has 320 valence electrons. The van der Waals surface area contributed by atoms with Crippen molar-refractivity contribution >= 4 is 19.8 Å². The highest BCUT2D eigenvalue weighted by molar-refractivity contribution is 7.46. The van der Waals surface area contributed by atoms with Crippen LogP contribution in [-0.4, -0.2) is 41.0 Å². The summed E-state index contributed by atoms with van der Waals surface area (Å²) >= 11 is 0. The Bertz CT molecular complexity index is 1030. The molecule has 8 nitrogen and oxygen atoms in total. The van der Waals surface area contributed by atoms with Gasteiger partial charge in [-0.1, -0.05) is 172 Å². The van der Waals surface area contributed by atoms with E-state index in [4.69, 9.17) is 19.3 Å². The van der Waals surface area contributed by atoms with Gasteiger partial charge in [-0.2, -0.15) is 0 Å². The molecule has 0 saturated carbocycles. The topological polar surface area (TPSA) is 119 Å². The number of carbonyl (C=O) groups is 2. The number of allylic oxidation sites excluding steroid dienone is 8. The molecule has 1 unspecified atom stereocenters. The first-order chi connectivity index (χ1) is 26.8. The number of carbonyl (C=O) groups excluding carboxylic acids is 2. The van der Waals surface area contributed by atoms with Crippen molar-refractivity contribution in [3.63, 3.8) is 0 Å². The van der Waals surface area contributed by atoms with E-state index >= 15 is 0 Å². The lowest BCUT2D eigenvalue weighted by molar-refractivity contribution is -0.161. The fourth-order valence-electron chi connectivity index (χ4n) is 6.20. The minimum absolute atomic E-state index is 0.196. The Morgan fingerprint density at radius 1 is 0.473 bits per heavy atom. The van der Waals surface area contributed by atoms with E-state index in [1.807, 2.05) is 0 Å². The molecule has 0 aliphatic rings. The first-order valence-electron chi connectivity index (χ1n) is 22.4. The van der Waals surface area contributed by atoms with E-state index in [1.165, 1.54) is 96.3 Å². The third-order valence-electron chi connectivity index (χ3n) is 9.57. The molecule has 1 atom stereocenters. The summed E-state index contributed by atoms with van der Waals surface area (Å²) in [5.41, 5.74) is 0. The van der Waals surface area contributed by atoms with E-state index in [9.17, 15) is 14.2 Å². The van der Waals surface area contributed by atoms with Gasteiger partial charge in [0.1, 0.15) is 6.61 Å². The van der Waals surface area contributed by atoms with Gasteiger partial charge in [0.15, 0.2) is 6.10 Å². The van der Waals surface area contributed by atoms with Gasteiger partial charge in [-0.15, -0.1) is 0 Å². The lowest BCUT2D eigenvalue weighted by Crippen LogP contribution is -2.29. The molecule has 0 radical (unpaired) electrons. The van der Waals surface area contributed by atoms with Crippen LogP contribution in [0, 0.1) is 0 Å². The van der Waals surface area contributed by atoms with Crippen LogP contribution in [0.3, 0.4) is 0 Å². The summed E-state index contributed by atoms with van der Waals surface area (Å²) in [7, 11) is -4.76. The maximum absolute atomic E-state index is 12.4. The van der Waals surface area contributed by atoms with Gasteiger partial charge in [0.2, 0.25) is 0 Å². The van der Waals surface area contributed by atoms with Gasteiger partial charge >= 0.3 is 19.8 Å². The minimum Gasteiger partial charge on any atom is -0.462 e. The lowest BCUT2D eigenvalue weighted by atomic mass is 10.1. The molecule has 0 heterocycles. The summed E-state index contributed by atoms with van der Waals surface area (Å²) in [6, 6.07) is 0. The first kappa shape index (κ1) is 53.0. The second kappa shape index (κ2) is 41.6. The average molecular weight is 795 g/mol. The van der Waals surface area contributed by atoms with Gasteiger partial charge in [0, 0.05) is 12.8 Å². The normalized spacial score (nSPS) is 12.9. The van der Waals surface area contributed by atoms with Crippen LogP contribution in [0.25, 0.3) is 0 Å².